The predicted octanol–water partition coefficient (Wildman–Crippen LogP) is 1.86. The zero-order valence-electron chi connectivity index (χ0n) is 13.8. The van der Waals surface area contributed by atoms with Gasteiger partial charge in [-0.25, -0.2) is 0 Å². The van der Waals surface area contributed by atoms with E-state index >= 15 is 0 Å². The summed E-state index contributed by atoms with van der Waals surface area (Å²) in [5, 5.41) is 13.9. The lowest BCUT2D eigenvalue weighted by atomic mass is 9.96. The van der Waals surface area contributed by atoms with Crippen molar-refractivity contribution in [2.45, 2.75) is 43.7 Å². The molecule has 0 spiro atoms. The van der Waals surface area contributed by atoms with Crippen LogP contribution in [0.25, 0.3) is 0 Å². The molecule has 5 heteroatoms. The minimum atomic E-state index is -0.776. The van der Waals surface area contributed by atoms with Crippen molar-refractivity contribution >= 4 is 5.91 Å². The highest BCUT2D eigenvalue weighted by Crippen LogP contribution is 2.33. The number of piperazine rings is 1. The number of hydrogen-bond donors (Lipinski definition) is 2. The molecule has 1 saturated carbocycles. The van der Waals surface area contributed by atoms with Crippen LogP contribution in [0.2, 0.25) is 0 Å². The molecule has 1 unspecified atom stereocenters. The van der Waals surface area contributed by atoms with Crippen LogP contribution >= 0.6 is 0 Å². The van der Waals surface area contributed by atoms with E-state index in [1.54, 1.807) is 7.11 Å². The van der Waals surface area contributed by atoms with Crippen LogP contribution in [-0.4, -0.2) is 48.3 Å². The topological polar surface area (TPSA) is 61.8 Å². The predicted molar refractivity (Wildman–Crippen MR) is 88.4 cm³/mol. The summed E-state index contributed by atoms with van der Waals surface area (Å²) < 4.78 is 5.43. The maximum absolute atomic E-state index is 12.6. The quantitative estimate of drug-likeness (QED) is 0.889. The lowest BCUT2D eigenvalue weighted by Gasteiger charge is -2.36. The average Bonchev–Trinajstić information content (AvgIpc) is 3.01. The summed E-state index contributed by atoms with van der Waals surface area (Å²) in [6, 6.07) is 7.99. The summed E-state index contributed by atoms with van der Waals surface area (Å²) in [6.45, 7) is 2.07. The summed E-state index contributed by atoms with van der Waals surface area (Å²) >= 11 is 0. The Morgan fingerprint density at radius 2 is 2.13 bits per heavy atom. The number of carbonyl (C=O) groups is 1. The molecule has 2 N–H and O–H groups in total. The number of amides is 1. The molecular weight excluding hydrogens is 292 g/mol. The van der Waals surface area contributed by atoms with E-state index in [4.69, 9.17) is 4.74 Å². The van der Waals surface area contributed by atoms with Gasteiger partial charge in [-0.15, -0.1) is 0 Å². The van der Waals surface area contributed by atoms with Crippen molar-refractivity contribution in [1.82, 2.24) is 10.2 Å². The highest BCUT2D eigenvalue weighted by atomic mass is 16.5. The van der Waals surface area contributed by atoms with Crippen LogP contribution in [0.4, 0.5) is 0 Å². The smallest absolute Gasteiger partial charge is 0.225 e. The number of aliphatic hydroxyl groups is 1. The number of nitrogens with zero attached hydrogens (tertiary/aromatic N) is 1. The molecule has 1 atom stereocenters. The summed E-state index contributed by atoms with van der Waals surface area (Å²) in [5.41, 5.74) is 0.300. The number of methoxy groups -OCH3 is 1. The molecule has 5 nitrogen and oxygen atoms in total. The minimum Gasteiger partial charge on any atom is -0.496 e. The van der Waals surface area contributed by atoms with E-state index in [1.807, 2.05) is 29.2 Å². The van der Waals surface area contributed by atoms with Gasteiger partial charge in [0.25, 0.3) is 0 Å². The Labute approximate surface area is 137 Å². The number of benzene rings is 1. The molecular formula is C18H26N2O3. The van der Waals surface area contributed by atoms with E-state index in [9.17, 15) is 9.90 Å². The molecule has 1 aromatic carbocycles. The van der Waals surface area contributed by atoms with E-state index in [1.165, 1.54) is 0 Å². The SMILES string of the molecule is COc1ccccc1C1CN(C(=O)CC2(O)CCCC2)CCN1. The first-order valence-electron chi connectivity index (χ1n) is 8.48. The van der Waals surface area contributed by atoms with Crippen molar-refractivity contribution in [3.8, 4) is 5.75 Å². The number of hydrogen-bond acceptors (Lipinski definition) is 4. The van der Waals surface area contributed by atoms with Gasteiger partial charge >= 0.3 is 0 Å². The van der Waals surface area contributed by atoms with Crippen molar-refractivity contribution in [2.75, 3.05) is 26.7 Å². The van der Waals surface area contributed by atoms with Crippen LogP contribution in [0.5, 0.6) is 5.75 Å². The van der Waals surface area contributed by atoms with Crippen molar-refractivity contribution in [3.63, 3.8) is 0 Å². The molecule has 3 rings (SSSR count). The lowest BCUT2D eigenvalue weighted by Crippen LogP contribution is -2.49. The second-order valence-electron chi connectivity index (χ2n) is 6.70. The standard InChI is InChI=1S/C18H26N2O3/c1-23-16-7-3-2-6-14(16)15-13-20(11-10-19-15)17(21)12-18(22)8-4-5-9-18/h2-3,6-7,15,19,22H,4-5,8-13H2,1H3. The Hall–Kier alpha value is -1.59. The van der Waals surface area contributed by atoms with Crippen LogP contribution in [0.15, 0.2) is 24.3 Å². The summed E-state index contributed by atoms with van der Waals surface area (Å²) in [4.78, 5) is 14.5. The van der Waals surface area contributed by atoms with E-state index in [2.05, 4.69) is 5.32 Å². The zero-order chi connectivity index (χ0) is 16.3. The molecule has 126 valence electrons. The number of ether oxygens (including phenoxy) is 1. The van der Waals surface area contributed by atoms with Crippen molar-refractivity contribution in [2.24, 2.45) is 0 Å². The van der Waals surface area contributed by atoms with Gasteiger partial charge in [0, 0.05) is 25.2 Å². The highest BCUT2D eigenvalue weighted by molar-refractivity contribution is 5.77. The Morgan fingerprint density at radius 1 is 1.39 bits per heavy atom. The molecule has 1 heterocycles. The van der Waals surface area contributed by atoms with Gasteiger partial charge in [-0.05, 0) is 18.9 Å². The number of rotatable bonds is 4. The summed E-state index contributed by atoms with van der Waals surface area (Å²) in [6.07, 6.45) is 3.80. The maximum atomic E-state index is 12.6. The molecule has 0 bridgehead atoms. The molecule has 0 radical (unpaired) electrons. The Balaban J connectivity index is 1.67. The van der Waals surface area contributed by atoms with Gasteiger partial charge < -0.3 is 20.1 Å². The van der Waals surface area contributed by atoms with Gasteiger partial charge in [0.05, 0.1) is 25.2 Å². The third-order valence-corrected chi connectivity index (χ3v) is 5.06. The van der Waals surface area contributed by atoms with Crippen LogP contribution in [0.1, 0.15) is 43.7 Å². The van der Waals surface area contributed by atoms with Gasteiger partial charge in [-0.1, -0.05) is 31.0 Å². The molecule has 1 aliphatic heterocycles. The van der Waals surface area contributed by atoms with Crippen LogP contribution in [-0.2, 0) is 4.79 Å². The molecule has 1 saturated heterocycles. The molecule has 2 aliphatic rings. The Morgan fingerprint density at radius 3 is 2.87 bits per heavy atom. The van der Waals surface area contributed by atoms with Crippen LogP contribution in [0.3, 0.4) is 0 Å². The fourth-order valence-corrected chi connectivity index (χ4v) is 3.74. The van der Waals surface area contributed by atoms with Crippen molar-refractivity contribution in [1.29, 1.82) is 0 Å². The summed E-state index contributed by atoms with van der Waals surface area (Å²) in [5.74, 6) is 0.907. The monoisotopic (exact) mass is 318 g/mol. The van der Waals surface area contributed by atoms with E-state index < -0.39 is 5.60 Å². The number of para-hydroxylation sites is 1. The lowest BCUT2D eigenvalue weighted by molar-refractivity contribution is -0.137. The Bertz CT molecular complexity index is 555. The fourth-order valence-electron chi connectivity index (χ4n) is 3.74. The third-order valence-electron chi connectivity index (χ3n) is 5.06. The minimum absolute atomic E-state index is 0.0656. The van der Waals surface area contributed by atoms with Crippen LogP contribution in [0, 0.1) is 0 Å². The molecule has 2 fully saturated rings. The van der Waals surface area contributed by atoms with Crippen molar-refractivity contribution < 1.29 is 14.6 Å². The van der Waals surface area contributed by atoms with E-state index in [0.29, 0.717) is 13.1 Å². The second-order valence-corrected chi connectivity index (χ2v) is 6.70. The zero-order valence-corrected chi connectivity index (χ0v) is 13.8. The number of carbonyl (C=O) groups excluding carboxylic acids is 1. The highest BCUT2D eigenvalue weighted by Gasteiger charge is 2.36. The molecule has 0 aromatic heterocycles. The van der Waals surface area contributed by atoms with Gasteiger partial charge in [0.2, 0.25) is 5.91 Å². The first-order valence-corrected chi connectivity index (χ1v) is 8.48. The largest absolute Gasteiger partial charge is 0.496 e. The molecule has 23 heavy (non-hydrogen) atoms. The van der Waals surface area contributed by atoms with Gasteiger partial charge in [-0.2, -0.15) is 0 Å². The average molecular weight is 318 g/mol. The van der Waals surface area contributed by atoms with Gasteiger partial charge in [-0.3, -0.25) is 4.79 Å². The molecule has 1 aliphatic carbocycles. The van der Waals surface area contributed by atoms with E-state index in [-0.39, 0.29) is 18.4 Å². The van der Waals surface area contributed by atoms with Gasteiger partial charge in [0.1, 0.15) is 5.75 Å². The van der Waals surface area contributed by atoms with Gasteiger partial charge in [0.15, 0.2) is 0 Å². The molecule has 1 aromatic rings. The third kappa shape index (κ3) is 3.67. The summed E-state index contributed by atoms with van der Waals surface area (Å²) in [7, 11) is 1.67. The fraction of sp³-hybridized carbons (Fsp3) is 0.611. The van der Waals surface area contributed by atoms with Crippen molar-refractivity contribution in [3.05, 3.63) is 29.8 Å². The first kappa shape index (κ1) is 16.3. The van der Waals surface area contributed by atoms with Crippen LogP contribution < -0.4 is 10.1 Å². The Kier molecular flexibility index (Phi) is 4.87. The maximum Gasteiger partial charge on any atom is 0.225 e. The number of nitrogens with one attached hydrogen (secondary N) is 1. The normalized spacial score (nSPS) is 23.7. The van der Waals surface area contributed by atoms with E-state index in [0.717, 1.165) is 43.5 Å². The molecule has 1 amide bonds. The second kappa shape index (κ2) is 6.89. The first-order chi connectivity index (χ1) is 11.1.